The Bertz CT molecular complexity index is 403. The number of carbonyl (C=O) groups is 2. The molecule has 106 valence electrons. The second kappa shape index (κ2) is 7.49. The van der Waals surface area contributed by atoms with Gasteiger partial charge in [-0.25, -0.2) is 9.78 Å². The second-order valence-electron chi connectivity index (χ2n) is 4.04. The molecule has 0 fully saturated rings. The Labute approximate surface area is 110 Å². The smallest absolute Gasteiger partial charge is 0.326 e. The Balaban J connectivity index is 2.53. The number of imidazole rings is 1. The van der Waals surface area contributed by atoms with Crippen molar-refractivity contribution in [2.24, 2.45) is 5.73 Å². The van der Waals surface area contributed by atoms with Crippen LogP contribution in [0.4, 0.5) is 0 Å². The lowest BCUT2D eigenvalue weighted by molar-refractivity contribution is -0.142. The molecule has 5 N–H and O–H groups in total. The second-order valence-corrected chi connectivity index (χ2v) is 4.04. The highest BCUT2D eigenvalue weighted by Gasteiger charge is 2.22. The van der Waals surface area contributed by atoms with E-state index in [1.54, 1.807) is 0 Å². The fraction of sp³-hybridized carbons (Fsp3) is 0.545. The zero-order chi connectivity index (χ0) is 14.3. The molecule has 0 spiro atoms. The van der Waals surface area contributed by atoms with Crippen molar-refractivity contribution in [3.05, 3.63) is 18.2 Å². The van der Waals surface area contributed by atoms with Gasteiger partial charge in [0.25, 0.3) is 0 Å². The number of hydrogen-bond acceptors (Lipinski definition) is 5. The summed E-state index contributed by atoms with van der Waals surface area (Å²) in [6, 6.07) is -1.01. The van der Waals surface area contributed by atoms with Gasteiger partial charge in [-0.15, -0.1) is 0 Å². The SMILES string of the molecule is COC(CN)CC(=O)NC(Cc1cnc[nH]1)C(=O)O. The van der Waals surface area contributed by atoms with Crippen LogP contribution in [0.1, 0.15) is 12.1 Å². The van der Waals surface area contributed by atoms with E-state index in [9.17, 15) is 9.59 Å². The summed E-state index contributed by atoms with van der Waals surface area (Å²) < 4.78 is 4.97. The highest BCUT2D eigenvalue weighted by atomic mass is 16.5. The molecule has 8 heteroatoms. The van der Waals surface area contributed by atoms with Gasteiger partial charge in [0, 0.05) is 32.0 Å². The molecular formula is C11H18N4O4. The Kier molecular flexibility index (Phi) is 5.97. The largest absolute Gasteiger partial charge is 0.480 e. The van der Waals surface area contributed by atoms with Gasteiger partial charge in [-0.2, -0.15) is 0 Å². The Morgan fingerprint density at radius 2 is 2.37 bits per heavy atom. The van der Waals surface area contributed by atoms with Crippen molar-refractivity contribution in [1.29, 1.82) is 0 Å². The molecule has 0 saturated heterocycles. The number of carboxylic acids is 1. The van der Waals surface area contributed by atoms with Crippen LogP contribution in [0.2, 0.25) is 0 Å². The third kappa shape index (κ3) is 5.06. The van der Waals surface area contributed by atoms with Gasteiger partial charge in [0.2, 0.25) is 5.91 Å². The van der Waals surface area contributed by atoms with Gasteiger partial charge in [0.1, 0.15) is 6.04 Å². The van der Waals surface area contributed by atoms with Gasteiger partial charge in [0.05, 0.1) is 18.9 Å². The van der Waals surface area contributed by atoms with E-state index in [2.05, 4.69) is 15.3 Å². The van der Waals surface area contributed by atoms with Gasteiger partial charge in [-0.05, 0) is 0 Å². The van der Waals surface area contributed by atoms with Crippen molar-refractivity contribution >= 4 is 11.9 Å². The van der Waals surface area contributed by atoms with Gasteiger partial charge in [-0.1, -0.05) is 0 Å². The molecule has 8 nitrogen and oxygen atoms in total. The van der Waals surface area contributed by atoms with E-state index in [-0.39, 0.29) is 19.4 Å². The zero-order valence-electron chi connectivity index (χ0n) is 10.6. The lowest BCUT2D eigenvalue weighted by atomic mass is 10.1. The number of amides is 1. The van der Waals surface area contributed by atoms with Crippen LogP contribution in [0.3, 0.4) is 0 Å². The standard InChI is InChI=1S/C11H18N4O4/c1-19-8(4-12)3-10(16)15-9(11(17)18)2-7-5-13-6-14-7/h5-6,8-9H,2-4,12H2,1H3,(H,13,14)(H,15,16)(H,17,18). The molecule has 1 aromatic rings. The molecule has 0 aliphatic rings. The highest BCUT2D eigenvalue weighted by molar-refractivity contribution is 5.83. The number of nitrogens with zero attached hydrogens (tertiary/aromatic N) is 1. The molecule has 1 amide bonds. The molecule has 19 heavy (non-hydrogen) atoms. The van der Waals surface area contributed by atoms with Crippen LogP contribution in [0, 0.1) is 0 Å². The molecule has 0 radical (unpaired) electrons. The van der Waals surface area contributed by atoms with Crippen LogP contribution in [0.25, 0.3) is 0 Å². The van der Waals surface area contributed by atoms with Crippen molar-refractivity contribution in [3.63, 3.8) is 0 Å². The number of hydrogen-bond donors (Lipinski definition) is 4. The van der Waals surface area contributed by atoms with E-state index in [1.165, 1.54) is 19.6 Å². The van der Waals surface area contributed by atoms with E-state index in [1.807, 2.05) is 0 Å². The number of aromatic amines is 1. The lowest BCUT2D eigenvalue weighted by Crippen LogP contribution is -2.44. The van der Waals surface area contributed by atoms with E-state index < -0.39 is 24.0 Å². The van der Waals surface area contributed by atoms with E-state index in [0.29, 0.717) is 5.69 Å². The summed E-state index contributed by atoms with van der Waals surface area (Å²) in [5.74, 6) is -1.52. The number of rotatable bonds is 8. The maximum Gasteiger partial charge on any atom is 0.326 e. The molecule has 1 heterocycles. The van der Waals surface area contributed by atoms with Gasteiger partial charge in [-0.3, -0.25) is 4.79 Å². The number of nitrogens with one attached hydrogen (secondary N) is 2. The van der Waals surface area contributed by atoms with Crippen LogP contribution < -0.4 is 11.1 Å². The van der Waals surface area contributed by atoms with Crippen LogP contribution in [-0.4, -0.2) is 52.8 Å². The van der Waals surface area contributed by atoms with Crippen LogP contribution in [0.5, 0.6) is 0 Å². The van der Waals surface area contributed by atoms with Gasteiger partial charge in [0.15, 0.2) is 0 Å². The van der Waals surface area contributed by atoms with Crippen molar-refractivity contribution in [2.75, 3.05) is 13.7 Å². The van der Waals surface area contributed by atoms with Crippen molar-refractivity contribution in [3.8, 4) is 0 Å². The van der Waals surface area contributed by atoms with Crippen molar-refractivity contribution in [2.45, 2.75) is 25.0 Å². The fourth-order valence-electron chi connectivity index (χ4n) is 1.54. The fourth-order valence-corrected chi connectivity index (χ4v) is 1.54. The predicted molar refractivity (Wildman–Crippen MR) is 66.3 cm³/mol. The summed E-state index contributed by atoms with van der Waals surface area (Å²) in [4.78, 5) is 29.3. The van der Waals surface area contributed by atoms with Crippen molar-refractivity contribution < 1.29 is 19.4 Å². The normalized spacial score (nSPS) is 13.8. The first kappa shape index (κ1) is 15.1. The first-order valence-electron chi connectivity index (χ1n) is 5.79. The molecule has 0 aromatic carbocycles. The van der Waals surface area contributed by atoms with Crippen LogP contribution in [-0.2, 0) is 20.7 Å². The number of carboxylic acid groups (broad SMARTS) is 1. The van der Waals surface area contributed by atoms with E-state index >= 15 is 0 Å². The van der Waals surface area contributed by atoms with Gasteiger partial charge >= 0.3 is 5.97 Å². The van der Waals surface area contributed by atoms with Gasteiger partial charge < -0.3 is 25.9 Å². The minimum atomic E-state index is -1.11. The van der Waals surface area contributed by atoms with Crippen molar-refractivity contribution in [1.82, 2.24) is 15.3 Å². The summed E-state index contributed by atoms with van der Waals surface area (Å²) >= 11 is 0. The highest BCUT2D eigenvalue weighted by Crippen LogP contribution is 2.01. The number of methoxy groups -OCH3 is 1. The average Bonchev–Trinajstić information content (AvgIpc) is 2.87. The predicted octanol–water partition coefficient (Wildman–Crippen LogP) is -1.11. The maximum absolute atomic E-state index is 11.7. The minimum Gasteiger partial charge on any atom is -0.480 e. The Morgan fingerprint density at radius 3 is 2.84 bits per heavy atom. The quantitative estimate of drug-likeness (QED) is 0.473. The molecule has 2 atom stereocenters. The number of aromatic nitrogens is 2. The van der Waals surface area contributed by atoms with Crippen LogP contribution in [0.15, 0.2) is 12.5 Å². The topological polar surface area (TPSA) is 130 Å². The molecule has 1 rings (SSSR count). The first-order chi connectivity index (χ1) is 9.06. The number of H-pyrrole nitrogens is 1. The van der Waals surface area contributed by atoms with E-state index in [4.69, 9.17) is 15.6 Å². The summed E-state index contributed by atoms with van der Waals surface area (Å²) in [6.07, 6.45) is 2.72. The number of aliphatic carboxylic acids is 1. The average molecular weight is 270 g/mol. The summed E-state index contributed by atoms with van der Waals surface area (Å²) in [7, 11) is 1.45. The Morgan fingerprint density at radius 1 is 1.63 bits per heavy atom. The Hall–Kier alpha value is -1.93. The van der Waals surface area contributed by atoms with E-state index in [0.717, 1.165) is 0 Å². The molecule has 2 unspecified atom stereocenters. The molecule has 1 aromatic heterocycles. The summed E-state index contributed by atoms with van der Waals surface area (Å²) in [5, 5.41) is 11.5. The monoisotopic (exact) mass is 270 g/mol. The summed E-state index contributed by atoms with van der Waals surface area (Å²) in [6.45, 7) is 0.197. The number of ether oxygens (including phenoxy) is 1. The lowest BCUT2D eigenvalue weighted by Gasteiger charge is -2.16. The number of carbonyl (C=O) groups excluding carboxylic acids is 1. The maximum atomic E-state index is 11.7. The molecular weight excluding hydrogens is 252 g/mol. The van der Waals surface area contributed by atoms with Crippen LogP contribution >= 0.6 is 0 Å². The molecule has 0 saturated carbocycles. The third-order valence-electron chi connectivity index (χ3n) is 2.62. The molecule has 0 aliphatic heterocycles. The minimum absolute atomic E-state index is 0.0275. The zero-order valence-corrected chi connectivity index (χ0v) is 10.6. The number of nitrogens with two attached hydrogens (primary N) is 1. The first-order valence-corrected chi connectivity index (χ1v) is 5.79. The molecule has 0 bridgehead atoms. The third-order valence-corrected chi connectivity index (χ3v) is 2.62. The molecule has 0 aliphatic carbocycles. The summed E-state index contributed by atoms with van der Waals surface area (Å²) in [5.41, 5.74) is 6.03.